The summed E-state index contributed by atoms with van der Waals surface area (Å²) in [6, 6.07) is 0. The molecule has 0 saturated heterocycles. The van der Waals surface area contributed by atoms with Gasteiger partial charge >= 0.3 is 0 Å². The molecular formula is C9H15N. The molecule has 0 saturated carbocycles. The molecular weight excluding hydrogens is 122 g/mol. The second-order valence-corrected chi connectivity index (χ2v) is 2.41. The number of allylic oxidation sites excluding steroid dienone is 4. The lowest BCUT2D eigenvalue weighted by Crippen LogP contribution is -1.88. The molecule has 0 bridgehead atoms. The van der Waals surface area contributed by atoms with E-state index in [4.69, 9.17) is 5.73 Å². The molecule has 2 N–H and O–H groups in total. The van der Waals surface area contributed by atoms with Crippen molar-refractivity contribution in [2.75, 3.05) is 0 Å². The van der Waals surface area contributed by atoms with Crippen LogP contribution in [0.3, 0.4) is 0 Å². The fourth-order valence-electron chi connectivity index (χ4n) is 0.663. The van der Waals surface area contributed by atoms with Gasteiger partial charge < -0.3 is 5.73 Å². The summed E-state index contributed by atoms with van der Waals surface area (Å²) in [5, 5.41) is 0. The molecule has 1 nitrogen and oxygen atoms in total. The molecule has 0 radical (unpaired) electrons. The first-order chi connectivity index (χ1) is 4.72. The van der Waals surface area contributed by atoms with Gasteiger partial charge in [0.15, 0.2) is 0 Å². The van der Waals surface area contributed by atoms with Crippen LogP contribution in [0, 0.1) is 5.92 Å². The molecule has 0 aliphatic rings. The summed E-state index contributed by atoms with van der Waals surface area (Å²) in [7, 11) is 0. The molecule has 10 heavy (non-hydrogen) atoms. The minimum atomic E-state index is 0.522. The molecule has 0 aromatic carbocycles. The van der Waals surface area contributed by atoms with Gasteiger partial charge in [0, 0.05) is 0 Å². The van der Waals surface area contributed by atoms with Crippen LogP contribution in [0.15, 0.2) is 36.6 Å². The Bertz CT molecular complexity index is 152. The van der Waals surface area contributed by atoms with E-state index in [0.717, 1.165) is 0 Å². The number of nitrogens with two attached hydrogens (primary N) is 1. The van der Waals surface area contributed by atoms with Crippen LogP contribution in [0.2, 0.25) is 0 Å². The molecule has 0 aromatic heterocycles. The van der Waals surface area contributed by atoms with Crippen LogP contribution in [-0.2, 0) is 0 Å². The largest absolute Gasteiger partial charge is 0.405 e. The predicted molar refractivity (Wildman–Crippen MR) is 46.4 cm³/mol. The topological polar surface area (TPSA) is 26.0 Å². The van der Waals surface area contributed by atoms with Gasteiger partial charge in [-0.05, 0) is 23.8 Å². The Morgan fingerprint density at radius 1 is 1.50 bits per heavy atom. The van der Waals surface area contributed by atoms with Crippen LogP contribution in [-0.4, -0.2) is 0 Å². The van der Waals surface area contributed by atoms with E-state index in [2.05, 4.69) is 20.4 Å². The van der Waals surface area contributed by atoms with E-state index in [9.17, 15) is 0 Å². The van der Waals surface area contributed by atoms with Gasteiger partial charge in [0.25, 0.3) is 0 Å². The second kappa shape index (κ2) is 4.86. The van der Waals surface area contributed by atoms with Gasteiger partial charge in [-0.2, -0.15) is 0 Å². The summed E-state index contributed by atoms with van der Waals surface area (Å²) in [6.45, 7) is 7.94. The third-order valence-corrected chi connectivity index (χ3v) is 1.30. The zero-order valence-electron chi connectivity index (χ0n) is 6.67. The highest BCUT2D eigenvalue weighted by atomic mass is 14.5. The first-order valence-electron chi connectivity index (χ1n) is 3.43. The van der Waals surface area contributed by atoms with Crippen molar-refractivity contribution in [2.24, 2.45) is 11.7 Å². The molecule has 0 heterocycles. The Hall–Kier alpha value is -0.980. The van der Waals surface area contributed by atoms with E-state index in [-0.39, 0.29) is 0 Å². The Morgan fingerprint density at radius 3 is 2.40 bits per heavy atom. The Balaban J connectivity index is 4.18. The maximum absolute atomic E-state index is 5.17. The zero-order valence-corrected chi connectivity index (χ0v) is 6.67. The third-order valence-electron chi connectivity index (χ3n) is 1.30. The van der Waals surface area contributed by atoms with Crippen molar-refractivity contribution in [3.8, 4) is 0 Å². The maximum Gasteiger partial charge on any atom is -0.00623 e. The normalized spacial score (nSPS) is 12.9. The molecule has 1 heteroatoms. The highest BCUT2D eigenvalue weighted by Crippen LogP contribution is 2.09. The molecule has 0 aliphatic carbocycles. The van der Waals surface area contributed by atoms with Crippen molar-refractivity contribution in [2.45, 2.75) is 13.8 Å². The summed E-state index contributed by atoms with van der Waals surface area (Å²) >= 11 is 0. The van der Waals surface area contributed by atoms with Gasteiger partial charge in [-0.15, -0.1) is 0 Å². The smallest absolute Gasteiger partial charge is 0.00623 e. The Labute approximate surface area is 62.9 Å². The quantitative estimate of drug-likeness (QED) is 0.593. The molecule has 0 fully saturated rings. The molecule has 0 spiro atoms. The SMILES string of the molecule is C=C/C(=C\C=C/N)C(C)C. The summed E-state index contributed by atoms with van der Waals surface area (Å²) in [6.07, 6.45) is 7.16. The lowest BCUT2D eigenvalue weighted by atomic mass is 10.0. The highest BCUT2D eigenvalue weighted by molar-refractivity contribution is 5.23. The average Bonchev–Trinajstić information content (AvgIpc) is 1.89. The predicted octanol–water partition coefficient (Wildman–Crippen LogP) is 2.23. The molecule has 0 atom stereocenters. The lowest BCUT2D eigenvalue weighted by Gasteiger charge is -2.02. The minimum Gasteiger partial charge on any atom is -0.405 e. The number of hydrogen-bond donors (Lipinski definition) is 1. The molecule has 0 aromatic rings. The van der Waals surface area contributed by atoms with E-state index < -0.39 is 0 Å². The van der Waals surface area contributed by atoms with Crippen molar-refractivity contribution in [3.63, 3.8) is 0 Å². The van der Waals surface area contributed by atoms with Crippen LogP contribution >= 0.6 is 0 Å². The Kier molecular flexibility index (Phi) is 4.38. The monoisotopic (exact) mass is 137 g/mol. The van der Waals surface area contributed by atoms with Crippen LogP contribution in [0.5, 0.6) is 0 Å². The van der Waals surface area contributed by atoms with E-state index in [1.54, 1.807) is 0 Å². The third kappa shape index (κ3) is 3.13. The minimum absolute atomic E-state index is 0.522. The van der Waals surface area contributed by atoms with E-state index >= 15 is 0 Å². The maximum atomic E-state index is 5.17. The summed E-state index contributed by atoms with van der Waals surface area (Å²) in [4.78, 5) is 0. The van der Waals surface area contributed by atoms with Gasteiger partial charge in [0.1, 0.15) is 0 Å². The average molecular weight is 137 g/mol. The van der Waals surface area contributed by atoms with Crippen LogP contribution in [0.1, 0.15) is 13.8 Å². The van der Waals surface area contributed by atoms with Crippen LogP contribution < -0.4 is 5.73 Å². The summed E-state index contributed by atoms with van der Waals surface area (Å²) in [5.74, 6) is 0.522. The van der Waals surface area contributed by atoms with Gasteiger partial charge in [-0.1, -0.05) is 32.6 Å². The first-order valence-corrected chi connectivity index (χ1v) is 3.43. The number of rotatable bonds is 3. The molecule has 0 rings (SSSR count). The van der Waals surface area contributed by atoms with Crippen molar-refractivity contribution in [1.82, 2.24) is 0 Å². The summed E-state index contributed by atoms with van der Waals surface area (Å²) < 4.78 is 0. The molecule has 56 valence electrons. The lowest BCUT2D eigenvalue weighted by molar-refractivity contribution is 0.792. The fourth-order valence-corrected chi connectivity index (χ4v) is 0.663. The van der Waals surface area contributed by atoms with Crippen molar-refractivity contribution in [1.29, 1.82) is 0 Å². The standard InChI is InChI=1S/C9H15N/c1-4-9(8(2)3)6-5-7-10/h4-8H,1,10H2,2-3H3/b7-5-,9-6+. The second-order valence-electron chi connectivity index (χ2n) is 2.41. The van der Waals surface area contributed by atoms with Crippen molar-refractivity contribution >= 4 is 0 Å². The van der Waals surface area contributed by atoms with Crippen LogP contribution in [0.25, 0.3) is 0 Å². The molecule has 0 amide bonds. The Morgan fingerprint density at radius 2 is 2.10 bits per heavy atom. The van der Waals surface area contributed by atoms with Crippen LogP contribution in [0.4, 0.5) is 0 Å². The van der Waals surface area contributed by atoms with Crippen molar-refractivity contribution in [3.05, 3.63) is 36.6 Å². The first kappa shape index (κ1) is 9.02. The van der Waals surface area contributed by atoms with Gasteiger partial charge in [-0.3, -0.25) is 0 Å². The van der Waals surface area contributed by atoms with Gasteiger partial charge in [0.05, 0.1) is 0 Å². The fraction of sp³-hybridized carbons (Fsp3) is 0.333. The van der Waals surface area contributed by atoms with E-state index in [1.165, 1.54) is 11.8 Å². The van der Waals surface area contributed by atoms with Gasteiger partial charge in [0.2, 0.25) is 0 Å². The molecule has 0 aliphatic heterocycles. The molecule has 0 unspecified atom stereocenters. The highest BCUT2D eigenvalue weighted by Gasteiger charge is 1.94. The zero-order chi connectivity index (χ0) is 7.98. The number of hydrogen-bond acceptors (Lipinski definition) is 1. The van der Waals surface area contributed by atoms with E-state index in [0.29, 0.717) is 5.92 Å². The summed E-state index contributed by atoms with van der Waals surface area (Å²) in [5.41, 5.74) is 6.38. The van der Waals surface area contributed by atoms with E-state index in [1.807, 2.05) is 18.2 Å². The van der Waals surface area contributed by atoms with Gasteiger partial charge in [-0.25, -0.2) is 0 Å². The van der Waals surface area contributed by atoms with Crippen molar-refractivity contribution < 1.29 is 0 Å².